The standard InChI is InChI=1S/C36H58O15.2Y/c1-9-25-12-14-29(28(38)19-25)50-31(39)35(5,6)46-17-15-44-33(41)48-23(3)21-43-22-24(4)49-34(42)45-16-18-47-36(7,8)32(40)51-30-20-26(10-2)11-13-27(30)37;;/h9-10,23-30,37-38H,1-2,11-22H2,3-8H3;;. The number of hydrogen-bond acceptors (Lipinski definition) is 15. The van der Waals surface area contributed by atoms with Crippen LogP contribution in [0.2, 0.25) is 0 Å². The van der Waals surface area contributed by atoms with Gasteiger partial charge >= 0.3 is 24.2 Å². The van der Waals surface area contributed by atoms with Gasteiger partial charge in [0, 0.05) is 65.4 Å². The fourth-order valence-electron chi connectivity index (χ4n) is 5.37. The van der Waals surface area contributed by atoms with Crippen molar-refractivity contribution in [3.05, 3.63) is 25.3 Å². The molecule has 2 N–H and O–H groups in total. The summed E-state index contributed by atoms with van der Waals surface area (Å²) in [5.41, 5.74) is -2.66. The molecule has 17 heteroatoms. The van der Waals surface area contributed by atoms with E-state index in [-0.39, 0.29) is 117 Å². The Morgan fingerprint density at radius 2 is 1.09 bits per heavy atom. The largest absolute Gasteiger partial charge is 0.508 e. The van der Waals surface area contributed by atoms with Gasteiger partial charge in [-0.1, -0.05) is 12.2 Å². The molecule has 298 valence electrons. The van der Waals surface area contributed by atoms with Crippen LogP contribution >= 0.6 is 0 Å². The van der Waals surface area contributed by atoms with Gasteiger partial charge < -0.3 is 52.8 Å². The van der Waals surface area contributed by atoms with E-state index in [0.29, 0.717) is 25.7 Å². The van der Waals surface area contributed by atoms with Crippen LogP contribution in [0.3, 0.4) is 0 Å². The van der Waals surface area contributed by atoms with E-state index in [1.54, 1.807) is 26.0 Å². The third kappa shape index (κ3) is 19.6. The molecule has 2 radical (unpaired) electrons. The summed E-state index contributed by atoms with van der Waals surface area (Å²) >= 11 is 0. The molecule has 15 nitrogen and oxygen atoms in total. The van der Waals surface area contributed by atoms with E-state index in [1.165, 1.54) is 27.7 Å². The topological polar surface area (TPSA) is 192 Å². The molecule has 0 amide bonds. The Morgan fingerprint density at radius 3 is 1.55 bits per heavy atom. The van der Waals surface area contributed by atoms with Gasteiger partial charge in [0.25, 0.3) is 0 Å². The Kier molecular flexibility index (Phi) is 25.5. The zero-order valence-electron chi connectivity index (χ0n) is 32.0. The fourth-order valence-corrected chi connectivity index (χ4v) is 5.37. The Hall–Kier alpha value is -1.03. The van der Waals surface area contributed by atoms with Crippen molar-refractivity contribution in [3.8, 4) is 0 Å². The molecular formula is C36H58O15Y2. The monoisotopic (exact) mass is 908 g/mol. The maximum atomic E-state index is 12.6. The van der Waals surface area contributed by atoms with Crippen LogP contribution in [0.4, 0.5) is 9.59 Å². The van der Waals surface area contributed by atoms with Gasteiger partial charge in [0.05, 0.1) is 38.6 Å². The summed E-state index contributed by atoms with van der Waals surface area (Å²) in [5.74, 6) is -0.914. The van der Waals surface area contributed by atoms with Crippen LogP contribution in [0.25, 0.3) is 0 Å². The Balaban J connectivity index is 0.0000135. The zero-order chi connectivity index (χ0) is 38.2. The van der Waals surface area contributed by atoms with Gasteiger partial charge in [-0.3, -0.25) is 0 Å². The summed E-state index contributed by atoms with van der Waals surface area (Å²) in [6, 6.07) is 0. The molecule has 0 aromatic rings. The molecule has 8 atom stereocenters. The molecular weight excluding hydrogens is 850 g/mol. The number of hydrogen-bond donors (Lipinski definition) is 2. The summed E-state index contributed by atoms with van der Waals surface area (Å²) < 4.78 is 47.8. The maximum absolute atomic E-state index is 12.6. The second-order valence-corrected chi connectivity index (χ2v) is 13.9. The van der Waals surface area contributed by atoms with E-state index in [2.05, 4.69) is 13.2 Å². The summed E-state index contributed by atoms with van der Waals surface area (Å²) in [6.07, 6.45) is 1.07. The molecule has 0 aromatic carbocycles. The summed E-state index contributed by atoms with van der Waals surface area (Å²) in [7, 11) is 0. The van der Waals surface area contributed by atoms with Gasteiger partial charge in [-0.25, -0.2) is 19.2 Å². The minimum absolute atomic E-state index is 0. The van der Waals surface area contributed by atoms with E-state index >= 15 is 0 Å². The maximum Gasteiger partial charge on any atom is 0.508 e. The van der Waals surface area contributed by atoms with Crippen molar-refractivity contribution in [1.82, 2.24) is 0 Å². The van der Waals surface area contributed by atoms with Crippen molar-refractivity contribution in [2.45, 2.75) is 128 Å². The molecule has 0 saturated heterocycles. The molecule has 0 heterocycles. The van der Waals surface area contributed by atoms with Crippen LogP contribution in [0.15, 0.2) is 25.3 Å². The van der Waals surface area contributed by atoms with Crippen LogP contribution in [-0.4, -0.2) is 122 Å². The van der Waals surface area contributed by atoms with E-state index in [0.717, 1.165) is 12.8 Å². The summed E-state index contributed by atoms with van der Waals surface area (Å²) in [6.45, 7) is 16.2. The first-order valence-electron chi connectivity index (χ1n) is 17.5. The average molecular weight is 909 g/mol. The first-order chi connectivity index (χ1) is 24.0. The van der Waals surface area contributed by atoms with Crippen molar-refractivity contribution >= 4 is 24.2 Å². The first kappa shape index (κ1) is 52.0. The number of rotatable bonds is 20. The van der Waals surface area contributed by atoms with Crippen molar-refractivity contribution in [2.75, 3.05) is 39.6 Å². The molecule has 2 aliphatic rings. The summed E-state index contributed by atoms with van der Waals surface area (Å²) in [4.78, 5) is 49.3. The van der Waals surface area contributed by atoms with E-state index < -0.39 is 72.1 Å². The molecule has 0 spiro atoms. The van der Waals surface area contributed by atoms with Gasteiger partial charge in [0.1, 0.15) is 37.6 Å². The molecule has 0 bridgehead atoms. The van der Waals surface area contributed by atoms with Gasteiger partial charge in [-0.2, -0.15) is 0 Å². The SMILES string of the molecule is C=CC1CCC(OC(=O)C(C)(C)OCCOC(=O)OC(C)COCC(C)OC(=O)OCCOC(C)(C)C(=O)OC2CC(C=C)CCC2O)C(O)C1.[Y].[Y]. The molecule has 2 aliphatic carbocycles. The van der Waals surface area contributed by atoms with Gasteiger partial charge in [-0.05, 0) is 91.9 Å². The van der Waals surface area contributed by atoms with E-state index in [9.17, 15) is 29.4 Å². The number of aliphatic hydroxyl groups is 2. The average Bonchev–Trinajstić information content (AvgIpc) is 3.06. The van der Waals surface area contributed by atoms with Crippen LogP contribution in [0.1, 0.15) is 80.1 Å². The Labute approximate surface area is 363 Å². The Bertz CT molecular complexity index is 1150. The van der Waals surface area contributed by atoms with E-state index in [1.807, 2.05) is 0 Å². The molecule has 2 saturated carbocycles. The normalized spacial score (nSPS) is 24.1. The van der Waals surface area contributed by atoms with Crippen LogP contribution in [0, 0.1) is 11.8 Å². The second-order valence-electron chi connectivity index (χ2n) is 13.9. The van der Waals surface area contributed by atoms with Crippen molar-refractivity contribution in [2.24, 2.45) is 11.8 Å². The minimum atomic E-state index is -1.34. The fraction of sp³-hybridized carbons (Fsp3) is 0.778. The molecule has 0 aromatic heterocycles. The molecule has 2 fully saturated rings. The predicted molar refractivity (Wildman–Crippen MR) is 182 cm³/mol. The van der Waals surface area contributed by atoms with Gasteiger partial charge in [0.2, 0.25) is 0 Å². The predicted octanol–water partition coefficient (Wildman–Crippen LogP) is 4.19. The number of carbonyl (C=O) groups excluding carboxylic acids is 4. The smallest absolute Gasteiger partial charge is 0.457 e. The third-order valence-electron chi connectivity index (χ3n) is 8.59. The summed E-state index contributed by atoms with van der Waals surface area (Å²) in [5, 5.41) is 20.5. The first-order valence-corrected chi connectivity index (χ1v) is 17.5. The van der Waals surface area contributed by atoms with Crippen LogP contribution in [0.5, 0.6) is 0 Å². The molecule has 2 rings (SSSR count). The van der Waals surface area contributed by atoms with Crippen LogP contribution < -0.4 is 0 Å². The number of ether oxygens (including phenoxy) is 9. The van der Waals surface area contributed by atoms with E-state index in [4.69, 9.17) is 42.6 Å². The third-order valence-corrected chi connectivity index (χ3v) is 8.59. The van der Waals surface area contributed by atoms with Gasteiger partial charge in [0.15, 0.2) is 11.2 Å². The Morgan fingerprint density at radius 1 is 0.660 bits per heavy atom. The number of esters is 2. The molecule has 53 heavy (non-hydrogen) atoms. The molecule has 0 aliphatic heterocycles. The van der Waals surface area contributed by atoms with Crippen molar-refractivity contribution < 1.29 is 137 Å². The van der Waals surface area contributed by atoms with Crippen molar-refractivity contribution in [1.29, 1.82) is 0 Å². The second kappa shape index (κ2) is 26.0. The number of allylic oxidation sites excluding steroid dienone is 2. The zero-order valence-corrected chi connectivity index (χ0v) is 37.7. The number of carbonyl (C=O) groups is 4. The van der Waals surface area contributed by atoms with Crippen molar-refractivity contribution in [3.63, 3.8) is 0 Å². The van der Waals surface area contributed by atoms with Crippen LogP contribution in [-0.2, 0) is 118 Å². The van der Waals surface area contributed by atoms with Gasteiger partial charge in [-0.15, -0.1) is 13.2 Å². The molecule has 8 unspecified atom stereocenters. The minimum Gasteiger partial charge on any atom is -0.457 e. The number of aliphatic hydroxyl groups excluding tert-OH is 2. The quantitative estimate of drug-likeness (QED) is 0.0765.